The van der Waals surface area contributed by atoms with Crippen LogP contribution >= 0.6 is 0 Å². The van der Waals surface area contributed by atoms with Crippen molar-refractivity contribution in [2.24, 2.45) is 0 Å². The van der Waals surface area contributed by atoms with Crippen LogP contribution in [0.5, 0.6) is 5.75 Å². The van der Waals surface area contributed by atoms with Gasteiger partial charge in [-0.2, -0.15) is 5.26 Å². The highest BCUT2D eigenvalue weighted by atomic mass is 16.5. The summed E-state index contributed by atoms with van der Waals surface area (Å²) in [6.45, 7) is 19.3. The summed E-state index contributed by atoms with van der Waals surface area (Å²) in [6.07, 6.45) is 6.15. The van der Waals surface area contributed by atoms with E-state index >= 15 is 0 Å². The first kappa shape index (κ1) is 33.1. The average Bonchev–Trinajstić information content (AvgIpc) is 3.42. The normalized spacial score (nSPS) is 11.6. The molecule has 0 atom stereocenters. The van der Waals surface area contributed by atoms with Gasteiger partial charge in [-0.3, -0.25) is 0 Å². The minimum absolute atomic E-state index is 0.374. The molecule has 0 aliphatic rings. The molecule has 1 heterocycles. The maximum atomic E-state index is 9.00. The minimum Gasteiger partial charge on any atom is -0.646 e. The van der Waals surface area contributed by atoms with E-state index in [0.29, 0.717) is 42.4 Å². The lowest BCUT2D eigenvalue weighted by Crippen LogP contribution is -2.53. The van der Waals surface area contributed by atoms with Crippen molar-refractivity contribution in [1.29, 1.82) is 5.26 Å². The van der Waals surface area contributed by atoms with Crippen LogP contribution in [0, 0.1) is 11.3 Å². The molecule has 0 aliphatic heterocycles. The molecular weight excluding hydrogens is 541 g/mol. The van der Waals surface area contributed by atoms with Gasteiger partial charge in [-0.25, -0.2) is 9.13 Å². The van der Waals surface area contributed by atoms with Crippen LogP contribution in [0.1, 0.15) is 120 Å². The summed E-state index contributed by atoms with van der Waals surface area (Å²) in [6, 6.07) is 22.8. The lowest BCUT2D eigenvalue weighted by atomic mass is 9.90. The SMILES string of the molecule is CC(C)c1cccc(C(C)C)c1-n1cc[n+](-c2c(C(C)C)cccc2C(C)C)c1[B-]OCCCCOc1ccc(C#N)cc1. The largest absolute Gasteiger partial charge is 0.646 e. The van der Waals surface area contributed by atoms with Crippen LogP contribution in [-0.4, -0.2) is 25.3 Å². The van der Waals surface area contributed by atoms with Gasteiger partial charge in [0.25, 0.3) is 0 Å². The van der Waals surface area contributed by atoms with Gasteiger partial charge in [0.15, 0.2) is 0 Å². The van der Waals surface area contributed by atoms with Crippen molar-refractivity contribution in [3.8, 4) is 23.2 Å². The molecule has 4 aromatic rings. The molecule has 2 radical (unpaired) electrons. The summed E-state index contributed by atoms with van der Waals surface area (Å²) < 4.78 is 16.9. The number of nitriles is 1. The third kappa shape index (κ3) is 7.63. The van der Waals surface area contributed by atoms with Gasteiger partial charge in [-0.05, 0) is 74.9 Å². The maximum Gasteiger partial charge on any atom is 0.135 e. The second-order valence-electron chi connectivity index (χ2n) is 12.8. The molecule has 5 nitrogen and oxygen atoms in total. The zero-order chi connectivity index (χ0) is 31.8. The predicted molar refractivity (Wildman–Crippen MR) is 181 cm³/mol. The van der Waals surface area contributed by atoms with Gasteiger partial charge in [-0.15, -0.1) is 0 Å². The molecule has 0 aliphatic carbocycles. The number of hydrogen-bond donors (Lipinski definition) is 0. The Bertz CT molecular complexity index is 1430. The Balaban J connectivity index is 1.65. The molecule has 0 spiro atoms. The van der Waals surface area contributed by atoms with Crippen LogP contribution in [0.3, 0.4) is 0 Å². The van der Waals surface area contributed by atoms with Crippen LogP contribution in [0.15, 0.2) is 73.1 Å². The third-order valence-corrected chi connectivity index (χ3v) is 8.12. The monoisotopic (exact) mass is 589 g/mol. The summed E-state index contributed by atoms with van der Waals surface area (Å²) in [5.41, 5.74) is 9.44. The Morgan fingerprint density at radius 1 is 0.727 bits per heavy atom. The molecule has 0 saturated heterocycles. The molecule has 3 aromatic carbocycles. The number of unbranched alkanes of at least 4 members (excludes halogenated alkanes) is 1. The van der Waals surface area contributed by atoms with E-state index in [2.05, 4.69) is 119 Å². The smallest absolute Gasteiger partial charge is 0.135 e. The second kappa shape index (κ2) is 15.3. The molecule has 6 heteroatoms. The fourth-order valence-electron chi connectivity index (χ4n) is 5.71. The molecule has 0 unspecified atom stereocenters. The first-order valence-electron chi connectivity index (χ1n) is 16.1. The Morgan fingerprint density at radius 3 is 1.77 bits per heavy atom. The fourth-order valence-corrected chi connectivity index (χ4v) is 5.71. The number of hydrogen-bond acceptors (Lipinski definition) is 3. The molecule has 0 fully saturated rings. The molecule has 0 N–H and O–H groups in total. The van der Waals surface area contributed by atoms with Crippen molar-refractivity contribution in [3.63, 3.8) is 0 Å². The van der Waals surface area contributed by atoms with E-state index in [-0.39, 0.29) is 0 Å². The summed E-state index contributed by atoms with van der Waals surface area (Å²) in [4.78, 5) is 0. The lowest BCUT2D eigenvalue weighted by molar-refractivity contribution is -0.577. The Kier molecular flexibility index (Phi) is 11.5. The van der Waals surface area contributed by atoms with Gasteiger partial charge in [0.1, 0.15) is 29.5 Å². The van der Waals surface area contributed by atoms with E-state index < -0.39 is 0 Å². The topological polar surface area (TPSA) is 51.1 Å². The fraction of sp³-hybridized carbons (Fsp3) is 0.421. The Labute approximate surface area is 265 Å². The number of rotatable bonds is 14. The minimum atomic E-state index is 0.374. The van der Waals surface area contributed by atoms with Gasteiger partial charge in [0, 0.05) is 28.0 Å². The van der Waals surface area contributed by atoms with Gasteiger partial charge in [-0.1, -0.05) is 91.8 Å². The number of aromatic nitrogens is 2. The third-order valence-electron chi connectivity index (χ3n) is 8.12. The van der Waals surface area contributed by atoms with Crippen molar-refractivity contribution in [2.45, 2.75) is 91.9 Å². The Hall–Kier alpha value is -3.82. The lowest BCUT2D eigenvalue weighted by Gasteiger charge is -2.24. The van der Waals surface area contributed by atoms with E-state index in [1.807, 2.05) is 19.6 Å². The van der Waals surface area contributed by atoms with Crippen molar-refractivity contribution in [3.05, 3.63) is 101 Å². The zero-order valence-electron chi connectivity index (χ0n) is 27.8. The molecule has 230 valence electrons. The van der Waals surface area contributed by atoms with Crippen molar-refractivity contribution in [2.75, 3.05) is 13.2 Å². The summed E-state index contributed by atoms with van der Waals surface area (Å²) in [7, 11) is 1.95. The Morgan fingerprint density at radius 2 is 1.25 bits per heavy atom. The quantitative estimate of drug-likeness (QED) is 0.0846. The van der Waals surface area contributed by atoms with Gasteiger partial charge < -0.3 is 9.39 Å². The van der Waals surface area contributed by atoms with E-state index in [4.69, 9.17) is 14.7 Å². The first-order chi connectivity index (χ1) is 21.1. The summed E-state index contributed by atoms with van der Waals surface area (Å²) in [5.74, 6) is 2.28. The first-order valence-corrected chi connectivity index (χ1v) is 16.1. The van der Waals surface area contributed by atoms with Crippen LogP contribution < -0.4 is 15.0 Å². The standard InChI is InChI=1S/C38H48BN3O2/c1-26(2)32-13-11-14-33(27(3)4)36(32)41-21-22-42(37-34(28(5)6)15-12-16-35(37)29(7)8)38(41)39-44-24-10-9-23-43-31-19-17-30(25-40)18-20-31/h11-22,26-29H,9-10,23-24H2,1-8H3. The van der Waals surface area contributed by atoms with Crippen molar-refractivity contribution < 1.29 is 14.0 Å². The van der Waals surface area contributed by atoms with E-state index in [1.54, 1.807) is 12.1 Å². The van der Waals surface area contributed by atoms with Crippen LogP contribution in [0.2, 0.25) is 0 Å². The summed E-state index contributed by atoms with van der Waals surface area (Å²) >= 11 is 0. The van der Waals surface area contributed by atoms with E-state index in [0.717, 1.165) is 24.3 Å². The van der Waals surface area contributed by atoms with Gasteiger partial charge >= 0.3 is 0 Å². The zero-order valence-corrected chi connectivity index (χ0v) is 27.8. The highest BCUT2D eigenvalue weighted by Crippen LogP contribution is 2.31. The summed E-state index contributed by atoms with van der Waals surface area (Å²) in [5, 5.41) is 9.00. The molecule has 1 aromatic heterocycles. The van der Waals surface area contributed by atoms with Crippen LogP contribution in [0.25, 0.3) is 11.4 Å². The molecule has 4 rings (SSSR count). The van der Waals surface area contributed by atoms with E-state index in [9.17, 15) is 0 Å². The second-order valence-corrected chi connectivity index (χ2v) is 12.8. The highest BCUT2D eigenvalue weighted by molar-refractivity contribution is 6.43. The molecule has 44 heavy (non-hydrogen) atoms. The number of nitrogens with zero attached hydrogens (tertiary/aromatic N) is 3. The number of ether oxygens (including phenoxy) is 1. The maximum absolute atomic E-state index is 9.00. The number of imidazole rings is 1. The predicted octanol–water partition coefficient (Wildman–Crippen LogP) is 8.24. The van der Waals surface area contributed by atoms with Crippen molar-refractivity contribution in [1.82, 2.24) is 4.57 Å². The van der Waals surface area contributed by atoms with Crippen LogP contribution in [0.4, 0.5) is 0 Å². The van der Waals surface area contributed by atoms with Gasteiger partial charge in [0.2, 0.25) is 0 Å². The molecule has 0 amide bonds. The highest BCUT2D eigenvalue weighted by Gasteiger charge is 2.25. The number of para-hydroxylation sites is 2. The number of benzene rings is 3. The molecule has 0 bridgehead atoms. The average molecular weight is 590 g/mol. The molecular formula is C38H48BN3O2. The van der Waals surface area contributed by atoms with Crippen LogP contribution in [-0.2, 0) is 4.65 Å². The van der Waals surface area contributed by atoms with E-state index in [1.165, 1.54) is 33.6 Å². The van der Waals surface area contributed by atoms with Crippen molar-refractivity contribution >= 4 is 13.2 Å². The van der Waals surface area contributed by atoms with Gasteiger partial charge in [0.05, 0.1) is 18.2 Å². The molecule has 0 saturated carbocycles.